The summed E-state index contributed by atoms with van der Waals surface area (Å²) in [5, 5.41) is 4.15. The number of halogens is 7. The topological polar surface area (TPSA) is 102 Å². The van der Waals surface area contributed by atoms with Crippen LogP contribution in [-0.4, -0.2) is 57.5 Å². The van der Waals surface area contributed by atoms with Gasteiger partial charge in [0.1, 0.15) is 12.1 Å². The molecule has 0 radical (unpaired) electrons. The van der Waals surface area contributed by atoms with Crippen LogP contribution in [0.1, 0.15) is 15.9 Å². The highest BCUT2D eigenvalue weighted by atomic mass is 19.4. The van der Waals surface area contributed by atoms with E-state index < -0.39 is 30.5 Å². The van der Waals surface area contributed by atoms with Gasteiger partial charge in [-0.15, -0.1) is 0 Å². The quantitative estimate of drug-likeness (QED) is 0.419. The second-order valence-electron chi connectivity index (χ2n) is 7.28. The van der Waals surface area contributed by atoms with E-state index in [-0.39, 0.29) is 29.0 Å². The third kappa shape index (κ3) is 5.44. The van der Waals surface area contributed by atoms with Crippen molar-refractivity contribution in [2.75, 3.05) is 18.9 Å². The van der Waals surface area contributed by atoms with Crippen LogP contribution in [0.3, 0.4) is 0 Å². The standard InChI is InChI=1S/C21H17F7N6O2/c1-11-5-6-12(16(35)31-9-19(22,23)20(24,25)21(26,27)28)8-14(11)36-17-13(4-3-7-30-17)15-32-10-33-18(29-2)34-15/h3-8,10H,9H2,1-2H3,(H,31,35)(H,29,32,33,34). The van der Waals surface area contributed by atoms with Crippen molar-refractivity contribution in [2.24, 2.45) is 0 Å². The Balaban J connectivity index is 1.83. The summed E-state index contributed by atoms with van der Waals surface area (Å²) in [6, 6.07) is 6.78. The van der Waals surface area contributed by atoms with E-state index >= 15 is 0 Å². The molecule has 8 nitrogen and oxygen atoms in total. The summed E-state index contributed by atoms with van der Waals surface area (Å²) in [4.78, 5) is 28.5. The van der Waals surface area contributed by atoms with Crippen molar-refractivity contribution in [2.45, 2.75) is 24.9 Å². The first kappa shape index (κ1) is 26.6. The average Bonchev–Trinajstić information content (AvgIpc) is 2.83. The van der Waals surface area contributed by atoms with Gasteiger partial charge in [-0.1, -0.05) is 6.07 Å². The van der Waals surface area contributed by atoms with E-state index in [2.05, 4.69) is 25.3 Å². The highest BCUT2D eigenvalue weighted by molar-refractivity contribution is 5.94. The summed E-state index contributed by atoms with van der Waals surface area (Å²) in [7, 11) is 1.60. The molecule has 0 spiro atoms. The molecule has 0 saturated carbocycles. The highest BCUT2D eigenvalue weighted by Crippen LogP contribution is 2.46. The van der Waals surface area contributed by atoms with Gasteiger partial charge in [0.15, 0.2) is 5.82 Å². The number of pyridine rings is 1. The van der Waals surface area contributed by atoms with Gasteiger partial charge < -0.3 is 15.4 Å². The monoisotopic (exact) mass is 518 g/mol. The second-order valence-corrected chi connectivity index (χ2v) is 7.28. The molecule has 1 amide bonds. The Hall–Kier alpha value is -4.04. The highest BCUT2D eigenvalue weighted by Gasteiger charge is 2.72. The summed E-state index contributed by atoms with van der Waals surface area (Å²) in [6.45, 7) is -0.667. The number of amides is 1. The first-order chi connectivity index (χ1) is 16.8. The smallest absolute Gasteiger partial charge is 0.438 e. The number of nitrogens with zero attached hydrogens (tertiary/aromatic N) is 4. The molecule has 0 aliphatic rings. The molecular formula is C21H17F7N6O2. The fourth-order valence-electron chi connectivity index (χ4n) is 2.76. The first-order valence-corrected chi connectivity index (χ1v) is 9.98. The molecule has 192 valence electrons. The summed E-state index contributed by atoms with van der Waals surface area (Å²) < 4.78 is 95.9. The van der Waals surface area contributed by atoms with Crippen LogP contribution in [0.25, 0.3) is 11.4 Å². The Bertz CT molecular complexity index is 1250. The Morgan fingerprint density at radius 1 is 1.03 bits per heavy atom. The van der Waals surface area contributed by atoms with Crippen LogP contribution in [0.2, 0.25) is 0 Å². The third-order valence-corrected chi connectivity index (χ3v) is 4.75. The van der Waals surface area contributed by atoms with Crippen molar-refractivity contribution < 1.29 is 40.3 Å². The number of rotatable bonds is 8. The van der Waals surface area contributed by atoms with Gasteiger partial charge in [-0.25, -0.2) is 15.0 Å². The van der Waals surface area contributed by atoms with Crippen molar-refractivity contribution in [1.82, 2.24) is 25.3 Å². The van der Waals surface area contributed by atoms with Gasteiger partial charge in [-0.05, 0) is 36.8 Å². The van der Waals surface area contributed by atoms with Crippen molar-refractivity contribution >= 4 is 11.9 Å². The molecule has 2 aromatic heterocycles. The molecule has 0 saturated heterocycles. The van der Waals surface area contributed by atoms with Crippen LogP contribution in [0.5, 0.6) is 11.6 Å². The molecule has 3 aromatic rings. The van der Waals surface area contributed by atoms with E-state index in [1.807, 2.05) is 0 Å². The normalized spacial score (nSPS) is 12.2. The number of hydrogen-bond donors (Lipinski definition) is 2. The Labute approximate surface area is 199 Å². The maximum atomic E-state index is 13.5. The second kappa shape index (κ2) is 9.91. The number of alkyl halides is 7. The van der Waals surface area contributed by atoms with Crippen LogP contribution in [0.15, 0.2) is 42.9 Å². The fraction of sp³-hybridized carbons (Fsp3) is 0.286. The molecule has 36 heavy (non-hydrogen) atoms. The lowest BCUT2D eigenvalue weighted by atomic mass is 10.1. The summed E-state index contributed by atoms with van der Waals surface area (Å²) >= 11 is 0. The number of hydrogen-bond acceptors (Lipinski definition) is 7. The minimum Gasteiger partial charge on any atom is -0.438 e. The van der Waals surface area contributed by atoms with Crippen molar-refractivity contribution in [3.63, 3.8) is 0 Å². The molecule has 0 aliphatic heterocycles. The lowest BCUT2D eigenvalue weighted by Gasteiger charge is -2.28. The molecule has 0 aliphatic carbocycles. The number of carbonyl (C=O) groups excluding carboxylic acids is 1. The van der Waals surface area contributed by atoms with Gasteiger partial charge in [0.25, 0.3) is 5.91 Å². The van der Waals surface area contributed by atoms with Gasteiger partial charge in [-0.2, -0.15) is 35.7 Å². The lowest BCUT2D eigenvalue weighted by Crippen LogP contribution is -2.56. The molecular weight excluding hydrogens is 501 g/mol. The van der Waals surface area contributed by atoms with Crippen LogP contribution in [-0.2, 0) is 0 Å². The molecule has 1 aromatic carbocycles. The van der Waals surface area contributed by atoms with Gasteiger partial charge in [0, 0.05) is 18.8 Å². The summed E-state index contributed by atoms with van der Waals surface area (Å²) in [6.07, 6.45) is -3.86. The molecule has 3 rings (SSSR count). The zero-order valence-electron chi connectivity index (χ0n) is 18.5. The number of nitrogens with one attached hydrogen (secondary N) is 2. The van der Waals surface area contributed by atoms with Crippen LogP contribution < -0.4 is 15.4 Å². The van der Waals surface area contributed by atoms with Crippen LogP contribution in [0.4, 0.5) is 36.7 Å². The largest absolute Gasteiger partial charge is 0.459 e. The predicted molar refractivity (Wildman–Crippen MR) is 112 cm³/mol. The van der Waals surface area contributed by atoms with E-state index in [0.717, 1.165) is 12.1 Å². The fourth-order valence-corrected chi connectivity index (χ4v) is 2.76. The van der Waals surface area contributed by atoms with E-state index in [0.29, 0.717) is 11.1 Å². The van der Waals surface area contributed by atoms with Crippen LogP contribution >= 0.6 is 0 Å². The molecule has 2 heterocycles. The van der Waals surface area contributed by atoms with Gasteiger partial charge in [-0.3, -0.25) is 4.79 Å². The molecule has 2 N–H and O–H groups in total. The average molecular weight is 518 g/mol. The van der Waals surface area contributed by atoms with Crippen molar-refractivity contribution in [1.29, 1.82) is 0 Å². The molecule has 0 unspecified atom stereocenters. The summed E-state index contributed by atoms with van der Waals surface area (Å²) in [5.74, 6) is -12.8. The molecule has 15 heteroatoms. The number of aryl methyl sites for hydroxylation is 1. The number of aromatic nitrogens is 4. The van der Waals surface area contributed by atoms with Crippen molar-refractivity contribution in [3.05, 3.63) is 54.0 Å². The van der Waals surface area contributed by atoms with Gasteiger partial charge in [0.05, 0.1) is 12.1 Å². The zero-order chi connectivity index (χ0) is 26.7. The van der Waals surface area contributed by atoms with E-state index in [1.54, 1.807) is 26.1 Å². The SMILES string of the molecule is CNc1ncnc(-c2cccnc2Oc2cc(C(=O)NCC(F)(F)C(F)(F)C(F)(F)F)ccc2C)n1. The van der Waals surface area contributed by atoms with E-state index in [9.17, 15) is 35.5 Å². The number of benzene rings is 1. The predicted octanol–water partition coefficient (Wildman–Crippen LogP) is 4.64. The Morgan fingerprint density at radius 2 is 1.75 bits per heavy atom. The van der Waals surface area contributed by atoms with E-state index in [4.69, 9.17) is 4.74 Å². The Morgan fingerprint density at radius 3 is 2.42 bits per heavy atom. The van der Waals surface area contributed by atoms with Crippen molar-refractivity contribution in [3.8, 4) is 23.0 Å². The third-order valence-electron chi connectivity index (χ3n) is 4.75. The molecule has 0 fully saturated rings. The van der Waals surface area contributed by atoms with Gasteiger partial charge >= 0.3 is 18.0 Å². The van der Waals surface area contributed by atoms with Gasteiger partial charge in [0.2, 0.25) is 11.8 Å². The number of carbonyl (C=O) groups is 1. The lowest BCUT2D eigenvalue weighted by molar-refractivity contribution is -0.352. The minimum absolute atomic E-state index is 0.00256. The molecule has 0 atom stereocenters. The van der Waals surface area contributed by atoms with Crippen LogP contribution in [0, 0.1) is 6.92 Å². The maximum Gasteiger partial charge on any atom is 0.459 e. The zero-order valence-corrected chi connectivity index (χ0v) is 18.5. The molecule has 0 bridgehead atoms. The Kier molecular flexibility index (Phi) is 7.31. The minimum atomic E-state index is -6.50. The number of ether oxygens (including phenoxy) is 1. The summed E-state index contributed by atoms with van der Waals surface area (Å²) in [5.41, 5.74) is 0.458. The maximum absolute atomic E-state index is 13.5. The van der Waals surface area contributed by atoms with E-state index in [1.165, 1.54) is 23.9 Å². The first-order valence-electron chi connectivity index (χ1n) is 9.98. The number of anilines is 1.